The monoisotopic (exact) mass is 282 g/mol. The van der Waals surface area contributed by atoms with E-state index in [1.54, 1.807) is 6.07 Å². The lowest BCUT2D eigenvalue weighted by atomic mass is 10.1. The van der Waals surface area contributed by atoms with Gasteiger partial charge in [-0.15, -0.1) is 0 Å². The van der Waals surface area contributed by atoms with E-state index in [0.29, 0.717) is 16.2 Å². The maximum absolute atomic E-state index is 13.7. The van der Waals surface area contributed by atoms with Gasteiger partial charge in [-0.1, -0.05) is 0 Å². The summed E-state index contributed by atoms with van der Waals surface area (Å²) < 4.78 is 26.7. The molecule has 0 saturated carbocycles. The Hall–Kier alpha value is -1.40. The molecule has 3 rings (SSSR count). The smallest absolute Gasteiger partial charge is 0.178 e. The summed E-state index contributed by atoms with van der Waals surface area (Å²) in [6, 6.07) is 3.11. The van der Waals surface area contributed by atoms with Crippen molar-refractivity contribution in [2.45, 2.75) is 13.0 Å². The zero-order chi connectivity index (χ0) is 13.4. The fourth-order valence-electron chi connectivity index (χ4n) is 2.48. The largest absolute Gasteiger partial charge is 0.494 e. The molecule has 1 aliphatic heterocycles. The molecule has 0 amide bonds. The van der Waals surface area contributed by atoms with E-state index in [4.69, 9.17) is 21.7 Å². The number of hydrogen-bond donors (Lipinski definition) is 1. The van der Waals surface area contributed by atoms with Crippen LogP contribution in [0.25, 0.3) is 11.0 Å². The number of hydrogen-bond acceptors (Lipinski definition) is 3. The number of imidazole rings is 1. The standard InChI is InChI=1S/C13H15FN2O2S/c1-17-12-5-11-10(4-9(12)14)15-13(19)16(11)6-8-2-3-18-7-8/h4-5,8H,2-3,6-7H2,1H3,(H,15,19). The van der Waals surface area contributed by atoms with Crippen LogP contribution >= 0.6 is 12.2 Å². The van der Waals surface area contributed by atoms with Gasteiger partial charge in [0.05, 0.1) is 24.8 Å². The van der Waals surface area contributed by atoms with Gasteiger partial charge in [-0.25, -0.2) is 4.39 Å². The van der Waals surface area contributed by atoms with E-state index in [1.807, 2.05) is 4.57 Å². The van der Waals surface area contributed by atoms with Crippen LogP contribution in [0, 0.1) is 16.5 Å². The molecule has 1 aromatic carbocycles. The van der Waals surface area contributed by atoms with Crippen LogP contribution in [0.1, 0.15) is 6.42 Å². The highest BCUT2D eigenvalue weighted by atomic mass is 32.1. The van der Waals surface area contributed by atoms with E-state index >= 15 is 0 Å². The minimum atomic E-state index is -0.386. The number of halogens is 1. The molecule has 1 aliphatic rings. The molecule has 102 valence electrons. The molecule has 1 saturated heterocycles. The summed E-state index contributed by atoms with van der Waals surface area (Å²) >= 11 is 5.31. The fraction of sp³-hybridized carbons (Fsp3) is 0.462. The van der Waals surface area contributed by atoms with Crippen LogP contribution in [0.3, 0.4) is 0 Å². The Morgan fingerprint density at radius 3 is 3.11 bits per heavy atom. The Morgan fingerprint density at radius 1 is 1.58 bits per heavy atom. The molecular formula is C13H15FN2O2S. The number of nitrogens with zero attached hydrogens (tertiary/aromatic N) is 1. The van der Waals surface area contributed by atoms with Gasteiger partial charge in [0.1, 0.15) is 0 Å². The molecule has 0 radical (unpaired) electrons. The highest BCUT2D eigenvalue weighted by Crippen LogP contribution is 2.26. The summed E-state index contributed by atoms with van der Waals surface area (Å²) in [4.78, 5) is 3.03. The molecule has 1 fully saturated rings. The average molecular weight is 282 g/mol. The first-order valence-electron chi connectivity index (χ1n) is 6.23. The van der Waals surface area contributed by atoms with Crippen molar-refractivity contribution in [2.75, 3.05) is 20.3 Å². The van der Waals surface area contributed by atoms with Gasteiger partial charge in [0.2, 0.25) is 0 Å². The minimum Gasteiger partial charge on any atom is -0.494 e. The molecule has 0 bridgehead atoms. The quantitative estimate of drug-likeness (QED) is 0.880. The van der Waals surface area contributed by atoms with Crippen LogP contribution < -0.4 is 4.74 Å². The van der Waals surface area contributed by atoms with Crippen LogP contribution in [-0.4, -0.2) is 29.9 Å². The number of methoxy groups -OCH3 is 1. The first-order valence-corrected chi connectivity index (χ1v) is 6.63. The molecule has 4 nitrogen and oxygen atoms in total. The van der Waals surface area contributed by atoms with Gasteiger partial charge in [0.25, 0.3) is 0 Å². The Bertz CT molecular complexity index is 658. The lowest BCUT2D eigenvalue weighted by Gasteiger charge is -2.10. The van der Waals surface area contributed by atoms with Gasteiger partial charge in [-0.05, 0) is 18.6 Å². The Labute approximate surface area is 115 Å². The summed E-state index contributed by atoms with van der Waals surface area (Å²) in [6.45, 7) is 2.35. The summed E-state index contributed by atoms with van der Waals surface area (Å²) in [5.74, 6) is 0.308. The Kier molecular flexibility index (Phi) is 3.28. The molecule has 1 aromatic heterocycles. The SMILES string of the molecule is COc1cc2c(cc1F)[nH]c(=S)n2CC1CCOC1. The van der Waals surface area contributed by atoms with E-state index in [9.17, 15) is 4.39 Å². The van der Waals surface area contributed by atoms with Gasteiger partial charge < -0.3 is 19.0 Å². The molecule has 0 spiro atoms. The van der Waals surface area contributed by atoms with Crippen LogP contribution in [-0.2, 0) is 11.3 Å². The minimum absolute atomic E-state index is 0.234. The van der Waals surface area contributed by atoms with Crippen molar-refractivity contribution in [2.24, 2.45) is 5.92 Å². The number of benzene rings is 1. The van der Waals surface area contributed by atoms with Crippen molar-refractivity contribution in [3.05, 3.63) is 22.7 Å². The van der Waals surface area contributed by atoms with Crippen LogP contribution in [0.2, 0.25) is 0 Å². The van der Waals surface area contributed by atoms with Crippen LogP contribution in [0.4, 0.5) is 4.39 Å². The summed E-state index contributed by atoms with van der Waals surface area (Å²) in [6.07, 6.45) is 1.03. The summed E-state index contributed by atoms with van der Waals surface area (Å²) in [5.41, 5.74) is 1.57. The number of aromatic amines is 1. The zero-order valence-electron chi connectivity index (χ0n) is 10.6. The molecule has 1 atom stereocenters. The van der Waals surface area contributed by atoms with E-state index < -0.39 is 0 Å². The number of nitrogens with one attached hydrogen (secondary N) is 1. The molecule has 0 aliphatic carbocycles. The first-order chi connectivity index (χ1) is 9.19. The van der Waals surface area contributed by atoms with Crippen molar-refractivity contribution in [3.8, 4) is 5.75 Å². The molecular weight excluding hydrogens is 267 g/mol. The molecule has 2 heterocycles. The van der Waals surface area contributed by atoms with E-state index in [0.717, 1.165) is 31.7 Å². The number of ether oxygens (including phenoxy) is 2. The fourth-order valence-corrected chi connectivity index (χ4v) is 2.76. The number of rotatable bonds is 3. The molecule has 6 heteroatoms. The van der Waals surface area contributed by atoms with Crippen LogP contribution in [0.5, 0.6) is 5.75 Å². The average Bonchev–Trinajstić information content (AvgIpc) is 2.98. The van der Waals surface area contributed by atoms with Gasteiger partial charge in [-0.3, -0.25) is 0 Å². The van der Waals surface area contributed by atoms with E-state index in [1.165, 1.54) is 13.2 Å². The van der Waals surface area contributed by atoms with E-state index in [-0.39, 0.29) is 11.6 Å². The lowest BCUT2D eigenvalue weighted by molar-refractivity contribution is 0.182. The van der Waals surface area contributed by atoms with Crippen molar-refractivity contribution < 1.29 is 13.9 Å². The third-order valence-electron chi connectivity index (χ3n) is 3.51. The third kappa shape index (κ3) is 2.26. The second-order valence-electron chi connectivity index (χ2n) is 4.77. The van der Waals surface area contributed by atoms with Gasteiger partial charge in [-0.2, -0.15) is 0 Å². The topological polar surface area (TPSA) is 39.2 Å². The highest BCUT2D eigenvalue weighted by molar-refractivity contribution is 7.71. The predicted octanol–water partition coefficient (Wildman–Crippen LogP) is 2.88. The van der Waals surface area contributed by atoms with Gasteiger partial charge >= 0.3 is 0 Å². The third-order valence-corrected chi connectivity index (χ3v) is 3.83. The highest BCUT2D eigenvalue weighted by Gasteiger charge is 2.18. The number of aromatic nitrogens is 2. The Morgan fingerprint density at radius 2 is 2.42 bits per heavy atom. The molecule has 1 N–H and O–H groups in total. The van der Waals surface area contributed by atoms with Crippen LogP contribution in [0.15, 0.2) is 12.1 Å². The predicted molar refractivity (Wildman–Crippen MR) is 72.6 cm³/mol. The van der Waals surface area contributed by atoms with Gasteiger partial charge in [0.15, 0.2) is 16.3 Å². The zero-order valence-corrected chi connectivity index (χ0v) is 11.4. The van der Waals surface area contributed by atoms with E-state index in [2.05, 4.69) is 4.98 Å². The second kappa shape index (κ2) is 4.94. The number of fused-ring (bicyclic) bond motifs is 1. The summed E-state index contributed by atoms with van der Waals surface area (Å²) in [7, 11) is 1.46. The number of H-pyrrole nitrogens is 1. The van der Waals surface area contributed by atoms with Crippen molar-refractivity contribution in [1.29, 1.82) is 0 Å². The lowest BCUT2D eigenvalue weighted by Crippen LogP contribution is -2.10. The maximum atomic E-state index is 13.7. The first kappa shape index (κ1) is 12.6. The molecule has 1 unspecified atom stereocenters. The Balaban J connectivity index is 2.06. The second-order valence-corrected chi connectivity index (χ2v) is 5.16. The van der Waals surface area contributed by atoms with Crippen molar-refractivity contribution >= 4 is 23.3 Å². The maximum Gasteiger partial charge on any atom is 0.178 e. The molecule has 2 aromatic rings. The summed E-state index contributed by atoms with van der Waals surface area (Å²) in [5, 5.41) is 0. The van der Waals surface area contributed by atoms with Gasteiger partial charge in [0, 0.05) is 31.2 Å². The molecule has 19 heavy (non-hydrogen) atoms. The van der Waals surface area contributed by atoms with Crippen molar-refractivity contribution in [3.63, 3.8) is 0 Å². The normalized spacial score (nSPS) is 19.2. The van der Waals surface area contributed by atoms with Crippen molar-refractivity contribution in [1.82, 2.24) is 9.55 Å².